The number of para-hydroxylation sites is 1. The van der Waals surface area contributed by atoms with Crippen molar-refractivity contribution in [2.45, 2.75) is 6.04 Å². The molecular formula is C22H22N2O. The van der Waals surface area contributed by atoms with Gasteiger partial charge in [0.05, 0.1) is 19.8 Å². The van der Waals surface area contributed by atoms with E-state index in [4.69, 9.17) is 4.74 Å². The maximum absolute atomic E-state index is 5.30. The van der Waals surface area contributed by atoms with Crippen molar-refractivity contribution in [1.82, 2.24) is 0 Å². The number of ether oxygens (including phenoxy) is 1. The molecule has 0 spiro atoms. The summed E-state index contributed by atoms with van der Waals surface area (Å²) in [4.78, 5) is 4.89. The van der Waals surface area contributed by atoms with Crippen molar-refractivity contribution >= 4 is 11.4 Å². The Bertz CT molecular complexity index is 802. The van der Waals surface area contributed by atoms with Gasteiger partial charge in [-0.2, -0.15) is 0 Å². The zero-order valence-electron chi connectivity index (χ0n) is 14.4. The van der Waals surface area contributed by atoms with Gasteiger partial charge in [-0.25, -0.2) is 0 Å². The van der Waals surface area contributed by atoms with Crippen LogP contribution >= 0.6 is 0 Å². The van der Waals surface area contributed by atoms with Gasteiger partial charge < -0.3 is 14.5 Å². The predicted octanol–water partition coefficient (Wildman–Crippen LogP) is 4.72. The molecule has 0 radical (unpaired) electrons. The van der Waals surface area contributed by atoms with Crippen molar-refractivity contribution in [1.29, 1.82) is 0 Å². The summed E-state index contributed by atoms with van der Waals surface area (Å²) in [5.74, 6) is 0.888. The summed E-state index contributed by atoms with van der Waals surface area (Å²) in [6.45, 7) is 1.84. The van der Waals surface area contributed by atoms with Gasteiger partial charge in [0.2, 0.25) is 0 Å². The Morgan fingerprint density at radius 3 is 2.04 bits per heavy atom. The highest BCUT2D eigenvalue weighted by atomic mass is 16.5. The smallest absolute Gasteiger partial charge is 0.119 e. The van der Waals surface area contributed by atoms with E-state index in [1.165, 1.54) is 16.9 Å². The molecule has 1 saturated heterocycles. The van der Waals surface area contributed by atoms with Crippen molar-refractivity contribution in [2.24, 2.45) is 0 Å². The SMILES string of the molecule is COc1ccc(N2CN(c3ccccc3)CC2c2ccccc2)cc1. The molecule has 1 heterocycles. The third-order valence-electron chi connectivity index (χ3n) is 4.80. The van der Waals surface area contributed by atoms with Gasteiger partial charge in [-0.15, -0.1) is 0 Å². The van der Waals surface area contributed by atoms with E-state index in [9.17, 15) is 0 Å². The zero-order valence-corrected chi connectivity index (χ0v) is 14.4. The lowest BCUT2D eigenvalue weighted by atomic mass is 10.1. The Hall–Kier alpha value is -2.94. The van der Waals surface area contributed by atoms with Gasteiger partial charge in [-0.3, -0.25) is 0 Å². The zero-order chi connectivity index (χ0) is 17.1. The molecule has 0 saturated carbocycles. The van der Waals surface area contributed by atoms with Gasteiger partial charge in [0.25, 0.3) is 0 Å². The molecule has 4 rings (SSSR count). The van der Waals surface area contributed by atoms with E-state index in [0.29, 0.717) is 6.04 Å². The monoisotopic (exact) mass is 330 g/mol. The molecule has 1 atom stereocenters. The minimum atomic E-state index is 0.329. The molecule has 0 aromatic heterocycles. The summed E-state index contributed by atoms with van der Waals surface area (Å²) in [5.41, 5.74) is 3.82. The fourth-order valence-electron chi connectivity index (χ4n) is 3.47. The van der Waals surface area contributed by atoms with Gasteiger partial charge in [0.1, 0.15) is 5.75 Å². The second-order valence-corrected chi connectivity index (χ2v) is 6.29. The first-order chi connectivity index (χ1) is 12.3. The van der Waals surface area contributed by atoms with Crippen LogP contribution in [0.1, 0.15) is 11.6 Å². The molecule has 3 aromatic rings. The van der Waals surface area contributed by atoms with Gasteiger partial charge >= 0.3 is 0 Å². The Labute approximate surface area is 149 Å². The summed E-state index contributed by atoms with van der Waals surface area (Å²) in [6, 6.07) is 30.0. The third-order valence-corrected chi connectivity index (χ3v) is 4.80. The van der Waals surface area contributed by atoms with E-state index in [-0.39, 0.29) is 0 Å². The van der Waals surface area contributed by atoms with Crippen LogP contribution in [-0.2, 0) is 0 Å². The molecule has 1 aliphatic rings. The average Bonchev–Trinajstić information content (AvgIpc) is 3.15. The van der Waals surface area contributed by atoms with Gasteiger partial charge in [-0.05, 0) is 42.0 Å². The number of hydrogen-bond donors (Lipinski definition) is 0. The van der Waals surface area contributed by atoms with Crippen LogP contribution in [-0.4, -0.2) is 20.3 Å². The molecule has 0 bridgehead atoms. The first kappa shape index (κ1) is 15.6. The lowest BCUT2D eigenvalue weighted by molar-refractivity contribution is 0.415. The number of nitrogens with zero attached hydrogens (tertiary/aromatic N) is 2. The molecule has 25 heavy (non-hydrogen) atoms. The fraction of sp³-hybridized carbons (Fsp3) is 0.182. The standard InChI is InChI=1S/C22H22N2O/c1-25-21-14-12-20(13-15-21)24-17-23(19-10-6-3-7-11-19)16-22(24)18-8-4-2-5-9-18/h2-15,22H,16-17H2,1H3. The van der Waals surface area contributed by atoms with Crippen molar-refractivity contribution in [3.05, 3.63) is 90.5 Å². The lowest BCUT2D eigenvalue weighted by Gasteiger charge is -2.26. The van der Waals surface area contributed by atoms with Crippen LogP contribution in [0.15, 0.2) is 84.9 Å². The Morgan fingerprint density at radius 2 is 1.40 bits per heavy atom. The molecule has 1 aliphatic heterocycles. The second-order valence-electron chi connectivity index (χ2n) is 6.29. The minimum absolute atomic E-state index is 0.329. The van der Waals surface area contributed by atoms with Gasteiger partial charge in [0.15, 0.2) is 0 Å². The molecule has 0 amide bonds. The van der Waals surface area contributed by atoms with Gasteiger partial charge in [-0.1, -0.05) is 48.5 Å². The first-order valence-corrected chi connectivity index (χ1v) is 8.61. The molecule has 3 nitrogen and oxygen atoms in total. The summed E-state index contributed by atoms with van der Waals surface area (Å²) in [7, 11) is 1.70. The van der Waals surface area contributed by atoms with E-state index in [0.717, 1.165) is 19.0 Å². The number of rotatable bonds is 4. The summed E-state index contributed by atoms with van der Waals surface area (Å²) >= 11 is 0. The molecule has 126 valence electrons. The summed E-state index contributed by atoms with van der Waals surface area (Å²) in [6.07, 6.45) is 0. The van der Waals surface area contributed by atoms with Crippen LogP contribution in [0.3, 0.4) is 0 Å². The molecule has 3 aromatic carbocycles. The normalized spacial score (nSPS) is 16.9. The molecule has 1 unspecified atom stereocenters. The Kier molecular flexibility index (Phi) is 4.30. The number of methoxy groups -OCH3 is 1. The van der Waals surface area contributed by atoms with E-state index < -0.39 is 0 Å². The topological polar surface area (TPSA) is 15.7 Å². The highest BCUT2D eigenvalue weighted by Crippen LogP contribution is 2.35. The number of hydrogen-bond acceptors (Lipinski definition) is 3. The number of anilines is 2. The van der Waals surface area contributed by atoms with Crippen molar-refractivity contribution in [3.8, 4) is 5.75 Å². The number of benzene rings is 3. The maximum atomic E-state index is 5.30. The van der Waals surface area contributed by atoms with E-state index in [1.54, 1.807) is 7.11 Å². The Balaban J connectivity index is 1.68. The second kappa shape index (κ2) is 6.89. The summed E-state index contributed by atoms with van der Waals surface area (Å²) < 4.78 is 5.30. The highest BCUT2D eigenvalue weighted by Gasteiger charge is 2.31. The van der Waals surface area contributed by atoms with Gasteiger partial charge in [0, 0.05) is 17.9 Å². The van der Waals surface area contributed by atoms with E-state index in [1.807, 2.05) is 12.1 Å². The maximum Gasteiger partial charge on any atom is 0.119 e. The minimum Gasteiger partial charge on any atom is -0.497 e. The fourth-order valence-corrected chi connectivity index (χ4v) is 3.47. The van der Waals surface area contributed by atoms with Crippen molar-refractivity contribution in [3.63, 3.8) is 0 Å². The van der Waals surface area contributed by atoms with Crippen LogP contribution in [0.25, 0.3) is 0 Å². The Morgan fingerprint density at radius 1 is 0.760 bits per heavy atom. The van der Waals surface area contributed by atoms with Crippen LogP contribution in [0.4, 0.5) is 11.4 Å². The largest absolute Gasteiger partial charge is 0.497 e. The van der Waals surface area contributed by atoms with Crippen molar-refractivity contribution in [2.75, 3.05) is 30.1 Å². The predicted molar refractivity (Wildman–Crippen MR) is 103 cm³/mol. The van der Waals surface area contributed by atoms with E-state index in [2.05, 4.69) is 82.6 Å². The molecule has 0 N–H and O–H groups in total. The highest BCUT2D eigenvalue weighted by molar-refractivity contribution is 5.58. The molecule has 3 heteroatoms. The van der Waals surface area contributed by atoms with Crippen LogP contribution < -0.4 is 14.5 Å². The van der Waals surface area contributed by atoms with Crippen LogP contribution in [0.5, 0.6) is 5.75 Å². The molecule has 1 fully saturated rings. The first-order valence-electron chi connectivity index (χ1n) is 8.61. The molecule has 0 aliphatic carbocycles. The summed E-state index contributed by atoms with van der Waals surface area (Å²) in [5, 5.41) is 0. The van der Waals surface area contributed by atoms with E-state index >= 15 is 0 Å². The van der Waals surface area contributed by atoms with Crippen LogP contribution in [0.2, 0.25) is 0 Å². The quantitative estimate of drug-likeness (QED) is 0.688. The third kappa shape index (κ3) is 3.18. The lowest BCUT2D eigenvalue weighted by Crippen LogP contribution is -2.26. The van der Waals surface area contributed by atoms with Crippen LogP contribution in [0, 0.1) is 0 Å². The van der Waals surface area contributed by atoms with Crippen molar-refractivity contribution < 1.29 is 4.74 Å². The average molecular weight is 330 g/mol. The molecular weight excluding hydrogens is 308 g/mol.